The third kappa shape index (κ3) is 4.11. The van der Waals surface area contributed by atoms with Crippen molar-refractivity contribution in [2.75, 3.05) is 27.4 Å². The second kappa shape index (κ2) is 8.68. The van der Waals surface area contributed by atoms with Gasteiger partial charge in [-0.15, -0.1) is 0 Å². The zero-order valence-electron chi connectivity index (χ0n) is 15.6. The Hall–Kier alpha value is -2.86. The van der Waals surface area contributed by atoms with E-state index in [-0.39, 0.29) is 11.8 Å². The summed E-state index contributed by atoms with van der Waals surface area (Å²) in [5.41, 5.74) is 2.24. The number of fused-ring (bicyclic) bond motifs is 1. The molecule has 0 spiro atoms. The van der Waals surface area contributed by atoms with Gasteiger partial charge in [0.2, 0.25) is 5.91 Å². The summed E-state index contributed by atoms with van der Waals surface area (Å²) in [7, 11) is 3.23. The van der Waals surface area contributed by atoms with E-state index in [2.05, 4.69) is 5.32 Å². The average Bonchev–Trinajstić information content (AvgIpc) is 2.97. The van der Waals surface area contributed by atoms with Crippen LogP contribution in [-0.4, -0.2) is 44.1 Å². The first-order chi connectivity index (χ1) is 13.2. The number of benzene rings is 2. The minimum atomic E-state index is -0.637. The number of ether oxygens (including phenoxy) is 2. The first-order valence-electron chi connectivity index (χ1n) is 8.95. The number of rotatable bonds is 8. The zero-order valence-corrected chi connectivity index (χ0v) is 15.6. The van der Waals surface area contributed by atoms with Gasteiger partial charge in [-0.25, -0.2) is 0 Å². The summed E-state index contributed by atoms with van der Waals surface area (Å²) in [6.45, 7) is 1.42. The molecule has 0 saturated carbocycles. The Morgan fingerprint density at radius 2 is 1.96 bits per heavy atom. The molecule has 0 unspecified atom stereocenters. The van der Waals surface area contributed by atoms with Gasteiger partial charge in [0, 0.05) is 32.4 Å². The Bertz CT molecular complexity index is 821. The maximum absolute atomic E-state index is 12.9. The van der Waals surface area contributed by atoms with Crippen LogP contribution in [0.5, 0.6) is 5.75 Å². The minimum Gasteiger partial charge on any atom is -0.497 e. The predicted octanol–water partition coefficient (Wildman–Crippen LogP) is 2.55. The summed E-state index contributed by atoms with van der Waals surface area (Å²) in [5.74, 6) is 0.412. The van der Waals surface area contributed by atoms with Gasteiger partial charge in [0.1, 0.15) is 11.8 Å². The number of carbonyl (C=O) groups is 2. The zero-order chi connectivity index (χ0) is 19.2. The average molecular weight is 368 g/mol. The van der Waals surface area contributed by atoms with Gasteiger partial charge in [-0.05, 0) is 35.7 Å². The number of hydrogen-bond donors (Lipinski definition) is 1. The summed E-state index contributed by atoms with van der Waals surface area (Å²) in [4.78, 5) is 27.4. The Morgan fingerprint density at radius 3 is 2.74 bits per heavy atom. The molecule has 142 valence electrons. The molecule has 3 rings (SSSR count). The molecule has 6 heteroatoms. The van der Waals surface area contributed by atoms with Gasteiger partial charge in [-0.3, -0.25) is 9.59 Å². The number of nitrogens with one attached hydrogen (secondary N) is 1. The van der Waals surface area contributed by atoms with Crippen molar-refractivity contribution in [1.82, 2.24) is 10.2 Å². The standard InChI is InChI=1S/C21H24N2O4/c1-26-12-6-11-22-20(24)19-17-9-3-4-10-18(17)21(25)23(19)14-15-7-5-8-16(13-15)27-2/h3-5,7-10,13,19H,6,11-12,14H2,1-2H3,(H,22,24)/t19-/m1/s1. The first-order valence-corrected chi connectivity index (χ1v) is 8.95. The lowest BCUT2D eigenvalue weighted by Crippen LogP contribution is -2.39. The molecule has 6 nitrogen and oxygen atoms in total. The highest BCUT2D eigenvalue weighted by Gasteiger charge is 2.40. The summed E-state index contributed by atoms with van der Waals surface area (Å²) in [5, 5.41) is 2.92. The van der Waals surface area contributed by atoms with E-state index in [1.807, 2.05) is 42.5 Å². The molecule has 0 bridgehead atoms. The normalized spacial score (nSPS) is 15.6. The van der Waals surface area contributed by atoms with Gasteiger partial charge in [0.15, 0.2) is 0 Å². The van der Waals surface area contributed by atoms with Crippen LogP contribution in [-0.2, 0) is 16.1 Å². The summed E-state index contributed by atoms with van der Waals surface area (Å²) in [6.07, 6.45) is 0.723. The van der Waals surface area contributed by atoms with Crippen molar-refractivity contribution in [1.29, 1.82) is 0 Å². The Balaban J connectivity index is 1.83. The lowest BCUT2D eigenvalue weighted by molar-refractivity contribution is -0.125. The number of methoxy groups -OCH3 is 2. The summed E-state index contributed by atoms with van der Waals surface area (Å²) >= 11 is 0. The van der Waals surface area contributed by atoms with Gasteiger partial charge >= 0.3 is 0 Å². The van der Waals surface area contributed by atoms with Crippen LogP contribution in [0.2, 0.25) is 0 Å². The third-order valence-electron chi connectivity index (χ3n) is 4.62. The fourth-order valence-corrected chi connectivity index (χ4v) is 3.31. The Morgan fingerprint density at radius 1 is 1.15 bits per heavy atom. The summed E-state index contributed by atoms with van der Waals surface area (Å²) in [6, 6.07) is 14.2. The van der Waals surface area contributed by atoms with Crippen LogP contribution in [0.1, 0.15) is 33.9 Å². The number of amides is 2. The summed E-state index contributed by atoms with van der Waals surface area (Å²) < 4.78 is 10.3. The maximum Gasteiger partial charge on any atom is 0.255 e. The van der Waals surface area contributed by atoms with Crippen molar-refractivity contribution < 1.29 is 19.1 Å². The second-order valence-corrected chi connectivity index (χ2v) is 6.41. The first kappa shape index (κ1) is 18.9. The van der Waals surface area contributed by atoms with Crippen LogP contribution in [0.3, 0.4) is 0 Å². The highest BCUT2D eigenvalue weighted by Crippen LogP contribution is 2.35. The van der Waals surface area contributed by atoms with E-state index in [1.165, 1.54) is 0 Å². The number of nitrogens with zero attached hydrogens (tertiary/aromatic N) is 1. The maximum atomic E-state index is 12.9. The molecule has 0 aliphatic carbocycles. The predicted molar refractivity (Wildman–Crippen MR) is 102 cm³/mol. The van der Waals surface area contributed by atoms with E-state index < -0.39 is 6.04 Å². The molecule has 2 amide bonds. The molecule has 2 aromatic carbocycles. The van der Waals surface area contributed by atoms with Crippen molar-refractivity contribution in [3.8, 4) is 5.75 Å². The van der Waals surface area contributed by atoms with Crippen LogP contribution in [0.4, 0.5) is 0 Å². The van der Waals surface area contributed by atoms with E-state index in [0.29, 0.717) is 25.3 Å². The SMILES string of the molecule is COCCCNC(=O)[C@H]1c2ccccc2C(=O)N1Cc1cccc(OC)c1. The quantitative estimate of drug-likeness (QED) is 0.727. The van der Waals surface area contributed by atoms with E-state index in [9.17, 15) is 9.59 Å². The van der Waals surface area contributed by atoms with Gasteiger partial charge in [0.05, 0.1) is 7.11 Å². The molecule has 0 fully saturated rings. The van der Waals surface area contributed by atoms with E-state index in [0.717, 1.165) is 23.3 Å². The largest absolute Gasteiger partial charge is 0.497 e. The van der Waals surface area contributed by atoms with E-state index >= 15 is 0 Å². The van der Waals surface area contributed by atoms with Gasteiger partial charge < -0.3 is 19.7 Å². The van der Waals surface area contributed by atoms with Crippen LogP contribution in [0.15, 0.2) is 48.5 Å². The van der Waals surface area contributed by atoms with Crippen LogP contribution < -0.4 is 10.1 Å². The molecule has 0 aromatic heterocycles. The molecule has 0 radical (unpaired) electrons. The van der Waals surface area contributed by atoms with Crippen LogP contribution >= 0.6 is 0 Å². The lowest BCUT2D eigenvalue weighted by Gasteiger charge is -2.25. The molecule has 1 aliphatic rings. The van der Waals surface area contributed by atoms with E-state index in [4.69, 9.17) is 9.47 Å². The molecule has 27 heavy (non-hydrogen) atoms. The molecule has 0 saturated heterocycles. The fourth-order valence-electron chi connectivity index (χ4n) is 3.31. The number of carbonyl (C=O) groups excluding carboxylic acids is 2. The van der Waals surface area contributed by atoms with Crippen molar-refractivity contribution in [3.63, 3.8) is 0 Å². The fraction of sp³-hybridized carbons (Fsp3) is 0.333. The van der Waals surface area contributed by atoms with Gasteiger partial charge in [0.25, 0.3) is 5.91 Å². The third-order valence-corrected chi connectivity index (χ3v) is 4.62. The van der Waals surface area contributed by atoms with Crippen LogP contribution in [0.25, 0.3) is 0 Å². The molecular weight excluding hydrogens is 344 g/mol. The smallest absolute Gasteiger partial charge is 0.255 e. The van der Waals surface area contributed by atoms with Crippen molar-refractivity contribution in [3.05, 3.63) is 65.2 Å². The van der Waals surface area contributed by atoms with Crippen molar-refractivity contribution in [2.24, 2.45) is 0 Å². The molecule has 1 heterocycles. The monoisotopic (exact) mass is 368 g/mol. The lowest BCUT2D eigenvalue weighted by atomic mass is 10.0. The van der Waals surface area contributed by atoms with Gasteiger partial charge in [-0.1, -0.05) is 30.3 Å². The molecule has 2 aromatic rings. The highest BCUT2D eigenvalue weighted by molar-refractivity contribution is 6.04. The highest BCUT2D eigenvalue weighted by atomic mass is 16.5. The molecule has 1 atom stereocenters. The van der Waals surface area contributed by atoms with Crippen molar-refractivity contribution >= 4 is 11.8 Å². The topological polar surface area (TPSA) is 67.9 Å². The number of hydrogen-bond acceptors (Lipinski definition) is 4. The Labute approximate surface area is 159 Å². The molecule has 1 N–H and O–H groups in total. The molecular formula is C21H24N2O4. The second-order valence-electron chi connectivity index (χ2n) is 6.41. The van der Waals surface area contributed by atoms with Crippen LogP contribution in [0, 0.1) is 0 Å². The van der Waals surface area contributed by atoms with Crippen molar-refractivity contribution in [2.45, 2.75) is 19.0 Å². The Kier molecular flexibility index (Phi) is 6.08. The molecule has 1 aliphatic heterocycles. The van der Waals surface area contributed by atoms with E-state index in [1.54, 1.807) is 25.2 Å². The minimum absolute atomic E-state index is 0.134. The van der Waals surface area contributed by atoms with Gasteiger partial charge in [-0.2, -0.15) is 0 Å².